The fourth-order valence-corrected chi connectivity index (χ4v) is 4.74. The molecule has 0 saturated carbocycles. The van der Waals surface area contributed by atoms with Crippen LogP contribution in [0.25, 0.3) is 10.9 Å². The smallest absolute Gasteiger partial charge is 0.341 e. The topological polar surface area (TPSA) is 65.8 Å². The lowest BCUT2D eigenvalue weighted by molar-refractivity contribution is 0.0695. The second kappa shape index (κ2) is 8.54. The quantitative estimate of drug-likeness (QED) is 0.606. The molecule has 0 radical (unpaired) electrons. The molecule has 2 aliphatic heterocycles. The van der Waals surface area contributed by atoms with Crippen LogP contribution in [0.1, 0.15) is 10.4 Å². The number of benzene rings is 1. The van der Waals surface area contributed by atoms with Gasteiger partial charge in [0, 0.05) is 44.7 Å². The maximum absolute atomic E-state index is 15.0. The van der Waals surface area contributed by atoms with E-state index >= 15 is 0 Å². The molecule has 0 amide bonds. The molecular formula is C17H20ClFIN3O3S. The number of carbonyl (C=O) groups is 1. The van der Waals surface area contributed by atoms with Crippen LogP contribution in [0.5, 0.6) is 0 Å². The van der Waals surface area contributed by atoms with E-state index in [-0.39, 0.29) is 47.3 Å². The summed E-state index contributed by atoms with van der Waals surface area (Å²) in [7, 11) is 2.04. The van der Waals surface area contributed by atoms with Crippen molar-refractivity contribution in [1.29, 1.82) is 0 Å². The molecular weight excluding hydrogens is 508 g/mol. The molecule has 10 heteroatoms. The number of pyridine rings is 1. The molecule has 148 valence electrons. The van der Waals surface area contributed by atoms with E-state index in [1.54, 1.807) is 4.57 Å². The van der Waals surface area contributed by atoms with Crippen LogP contribution in [-0.4, -0.2) is 59.5 Å². The van der Waals surface area contributed by atoms with Crippen molar-refractivity contribution in [3.8, 4) is 0 Å². The highest BCUT2D eigenvalue weighted by atomic mass is 127. The summed E-state index contributed by atoms with van der Waals surface area (Å²) in [5.74, 6) is -1.01. The Morgan fingerprint density at radius 2 is 1.89 bits per heavy atom. The first kappa shape index (κ1) is 22.3. The van der Waals surface area contributed by atoms with E-state index in [1.807, 2.05) is 11.9 Å². The minimum atomic E-state index is -1.28. The molecule has 1 aromatic carbocycles. The van der Waals surface area contributed by atoms with E-state index in [1.165, 1.54) is 24.0 Å². The van der Waals surface area contributed by atoms with Crippen LogP contribution in [-0.2, 0) is 6.54 Å². The zero-order chi connectivity index (χ0) is 17.7. The zero-order valence-corrected chi connectivity index (χ0v) is 18.6. The summed E-state index contributed by atoms with van der Waals surface area (Å²) in [6, 6.07) is 1.21. The first-order valence-electron chi connectivity index (χ1n) is 8.16. The van der Waals surface area contributed by atoms with Crippen molar-refractivity contribution in [3.05, 3.63) is 33.9 Å². The Labute approximate surface area is 183 Å². The minimum absolute atomic E-state index is 0. The normalized spacial score (nSPS) is 16.6. The second-order valence-electron chi connectivity index (χ2n) is 6.44. The summed E-state index contributed by atoms with van der Waals surface area (Å²) in [5, 5.41) is 9.41. The molecule has 3 heterocycles. The van der Waals surface area contributed by atoms with Crippen molar-refractivity contribution in [3.63, 3.8) is 0 Å². The molecule has 1 fully saturated rings. The molecule has 27 heavy (non-hydrogen) atoms. The average molecular weight is 528 g/mol. The Bertz CT molecular complexity index is 947. The number of carboxylic acid groups (broad SMARTS) is 1. The highest BCUT2D eigenvalue weighted by molar-refractivity contribution is 14.0. The van der Waals surface area contributed by atoms with Gasteiger partial charge in [0.2, 0.25) is 5.43 Å². The fourth-order valence-electron chi connectivity index (χ4n) is 3.52. The maximum Gasteiger partial charge on any atom is 0.341 e. The molecule has 0 unspecified atom stereocenters. The molecule has 2 aliphatic rings. The summed E-state index contributed by atoms with van der Waals surface area (Å²) in [5.41, 5.74) is 0.270. The Kier molecular flexibility index (Phi) is 7.04. The van der Waals surface area contributed by atoms with E-state index in [4.69, 9.17) is 0 Å². The van der Waals surface area contributed by atoms with Gasteiger partial charge in [-0.2, -0.15) is 0 Å². The Morgan fingerprint density at radius 1 is 1.22 bits per heavy atom. The van der Waals surface area contributed by atoms with Gasteiger partial charge in [0.1, 0.15) is 11.4 Å². The summed E-state index contributed by atoms with van der Waals surface area (Å²) in [4.78, 5) is 28.8. The molecule has 1 N–H and O–H groups in total. The highest BCUT2D eigenvalue weighted by Gasteiger charge is 2.28. The number of piperazine rings is 1. The number of thioether (sulfide) groups is 1. The number of likely N-dealkylation sites (N-methyl/N-ethyl adjacent to an activating group) is 1. The predicted molar refractivity (Wildman–Crippen MR) is 118 cm³/mol. The van der Waals surface area contributed by atoms with Crippen molar-refractivity contribution < 1.29 is 14.3 Å². The average Bonchev–Trinajstić information content (AvgIpc) is 2.58. The Hall–Kier alpha value is -1.04. The molecule has 0 spiro atoms. The molecule has 0 bridgehead atoms. The number of halogens is 3. The van der Waals surface area contributed by atoms with Gasteiger partial charge >= 0.3 is 5.97 Å². The van der Waals surface area contributed by atoms with E-state index in [0.29, 0.717) is 23.5 Å². The van der Waals surface area contributed by atoms with Gasteiger partial charge in [-0.05, 0) is 13.1 Å². The molecule has 6 nitrogen and oxygen atoms in total. The van der Waals surface area contributed by atoms with Gasteiger partial charge in [-0.3, -0.25) is 4.79 Å². The minimum Gasteiger partial charge on any atom is -0.477 e. The lowest BCUT2D eigenvalue weighted by Gasteiger charge is -2.36. The highest BCUT2D eigenvalue weighted by Crippen LogP contribution is 2.41. The van der Waals surface area contributed by atoms with E-state index in [2.05, 4.69) is 4.90 Å². The van der Waals surface area contributed by atoms with Crippen molar-refractivity contribution >= 4 is 70.7 Å². The second-order valence-corrected chi connectivity index (χ2v) is 7.55. The number of aryl methyl sites for hydroxylation is 1. The van der Waals surface area contributed by atoms with Crippen LogP contribution in [0, 0.1) is 5.82 Å². The lowest BCUT2D eigenvalue weighted by Crippen LogP contribution is -2.45. The first-order valence-corrected chi connectivity index (χ1v) is 9.15. The molecule has 1 aromatic heterocycles. The number of hydrogen-bond donors (Lipinski definition) is 1. The van der Waals surface area contributed by atoms with Crippen molar-refractivity contribution in [2.45, 2.75) is 11.4 Å². The monoisotopic (exact) mass is 527 g/mol. The van der Waals surface area contributed by atoms with Crippen LogP contribution in [0.3, 0.4) is 0 Å². The molecule has 1 saturated heterocycles. The number of carboxylic acids is 1. The van der Waals surface area contributed by atoms with E-state index in [0.717, 1.165) is 31.1 Å². The van der Waals surface area contributed by atoms with Gasteiger partial charge in [0.15, 0.2) is 0 Å². The van der Waals surface area contributed by atoms with Crippen molar-refractivity contribution in [1.82, 2.24) is 9.47 Å². The zero-order valence-electron chi connectivity index (χ0n) is 14.6. The standard InChI is InChI=1S/C17H18FN3O3S.ClH.HI/c1-19-2-4-20(5-3-19)14-12(18)8-10-13-16(14)25-7-6-21(13)9-11(15(10)22)17(23)24;;/h8-9H,2-7H2,1H3,(H,23,24);2*1H. The third-order valence-corrected chi connectivity index (χ3v) is 5.93. The Balaban J connectivity index is 0.00000131. The van der Waals surface area contributed by atoms with Gasteiger partial charge in [0.05, 0.1) is 21.5 Å². The van der Waals surface area contributed by atoms with Gasteiger partial charge in [-0.25, -0.2) is 9.18 Å². The number of aromatic nitrogens is 1. The Morgan fingerprint density at radius 3 is 2.52 bits per heavy atom. The van der Waals surface area contributed by atoms with E-state index < -0.39 is 17.2 Å². The number of anilines is 1. The third kappa shape index (κ3) is 3.79. The number of nitrogens with zero attached hydrogens (tertiary/aromatic N) is 3. The predicted octanol–water partition coefficient (Wildman–Crippen LogP) is 2.74. The van der Waals surface area contributed by atoms with Gasteiger partial charge in [0.25, 0.3) is 0 Å². The molecule has 2 aromatic rings. The molecule has 0 aliphatic carbocycles. The van der Waals surface area contributed by atoms with Crippen LogP contribution >= 0.6 is 48.1 Å². The maximum atomic E-state index is 15.0. The SMILES string of the molecule is CN1CCN(c2c(F)cc3c(=O)c(C(=O)O)cn4c3c2SCC4)CC1.Cl.I. The van der Waals surface area contributed by atoms with Gasteiger partial charge in [-0.1, -0.05) is 0 Å². The summed E-state index contributed by atoms with van der Waals surface area (Å²) < 4.78 is 16.7. The summed E-state index contributed by atoms with van der Waals surface area (Å²) in [6.07, 6.45) is 1.39. The van der Waals surface area contributed by atoms with Crippen LogP contribution in [0.4, 0.5) is 10.1 Å². The molecule has 0 atom stereocenters. The first-order chi connectivity index (χ1) is 12.0. The van der Waals surface area contributed by atoms with Gasteiger partial charge in [-0.15, -0.1) is 48.1 Å². The van der Waals surface area contributed by atoms with Crippen LogP contribution < -0.4 is 10.3 Å². The number of aromatic carboxylic acids is 1. The molecule has 4 rings (SSSR count). The van der Waals surface area contributed by atoms with Gasteiger partial charge < -0.3 is 19.5 Å². The van der Waals surface area contributed by atoms with Crippen molar-refractivity contribution in [2.24, 2.45) is 0 Å². The summed E-state index contributed by atoms with van der Waals surface area (Å²) >= 11 is 1.54. The number of rotatable bonds is 2. The van der Waals surface area contributed by atoms with Crippen molar-refractivity contribution in [2.75, 3.05) is 43.9 Å². The van der Waals surface area contributed by atoms with Crippen LogP contribution in [0.2, 0.25) is 0 Å². The third-order valence-electron chi connectivity index (χ3n) is 4.87. The number of hydrogen-bond acceptors (Lipinski definition) is 5. The van der Waals surface area contributed by atoms with E-state index in [9.17, 15) is 19.1 Å². The largest absolute Gasteiger partial charge is 0.477 e. The lowest BCUT2D eigenvalue weighted by atomic mass is 10.1. The van der Waals surface area contributed by atoms with Crippen LogP contribution in [0.15, 0.2) is 22.0 Å². The fraction of sp³-hybridized carbons (Fsp3) is 0.412. The summed E-state index contributed by atoms with van der Waals surface area (Å²) in [6.45, 7) is 3.76.